The predicted molar refractivity (Wildman–Crippen MR) is 219 cm³/mol. The zero-order chi connectivity index (χ0) is 39.2. The molecule has 10 atom stereocenters. The van der Waals surface area contributed by atoms with E-state index in [1.165, 1.54) is 69.8 Å². The van der Waals surface area contributed by atoms with Gasteiger partial charge in [-0.2, -0.15) is 0 Å². The van der Waals surface area contributed by atoms with Gasteiger partial charge in [-0.25, -0.2) is 4.79 Å². The molecule has 2 heterocycles. The third kappa shape index (κ3) is 7.12. The molecule has 0 saturated heterocycles. The number of rotatable bonds is 12. The first-order valence-electron chi connectivity index (χ1n) is 22.8. The van der Waals surface area contributed by atoms with Crippen molar-refractivity contribution in [3.8, 4) is 11.8 Å². The average molecular weight is 767 g/mol. The summed E-state index contributed by atoms with van der Waals surface area (Å²) in [6.07, 6.45) is 23.1. The Labute approximate surface area is 337 Å². The standard InChI is InChI=1S/C50H70O6/c1-36(13-11-17-37-15-5-4-6-16-37)14-12-25-49-41(51)21-26-46(3,39-20-27-48(32-39)30-29-47(35-48)23-9-10-24-47)44(49)40-33-45(2,22-8-7-18-42(52)56-40)50(49,54)28-19-38-31-43(53)55-34-38/h4-6,15-16,31,36,39-41,44,51,54H,7,9-14,17-21,23-30,32-35H2,1-3H3/t36-,39+,40-,41+,44+,45+,46+,48-,49+,50-/m1/s1. The van der Waals surface area contributed by atoms with Gasteiger partial charge < -0.3 is 19.7 Å². The van der Waals surface area contributed by atoms with E-state index < -0.39 is 28.6 Å². The molecule has 1 aromatic rings. The summed E-state index contributed by atoms with van der Waals surface area (Å²) in [4.78, 5) is 25.9. The maximum Gasteiger partial charge on any atom is 0.331 e. The number of ether oxygens (including phenoxy) is 2. The minimum absolute atomic E-state index is 0.198. The molecule has 6 heteroatoms. The molecule has 5 fully saturated rings. The third-order valence-corrected chi connectivity index (χ3v) is 17.6. The molecule has 306 valence electrons. The molecule has 2 aliphatic heterocycles. The second-order valence-electron chi connectivity index (χ2n) is 20.9. The Bertz CT molecular complexity index is 1700. The molecular weight excluding hydrogens is 697 g/mol. The molecule has 2 N–H and O–H groups in total. The fraction of sp³-hybridized carbons (Fsp3) is 0.760. The predicted octanol–water partition coefficient (Wildman–Crippen LogP) is 10.2. The Balaban J connectivity index is 1.15. The molecule has 6 nitrogen and oxygen atoms in total. The molecule has 0 radical (unpaired) electrons. The van der Waals surface area contributed by atoms with Crippen LogP contribution in [0.25, 0.3) is 0 Å². The van der Waals surface area contributed by atoms with E-state index in [0.717, 1.165) is 44.1 Å². The number of aliphatic hydroxyl groups excluding tert-OH is 1. The van der Waals surface area contributed by atoms with Gasteiger partial charge in [-0.15, -0.1) is 5.92 Å². The maximum atomic E-state index is 14.1. The number of hydrogen-bond donors (Lipinski definition) is 2. The highest BCUT2D eigenvalue weighted by Crippen LogP contribution is 2.74. The lowest BCUT2D eigenvalue weighted by Crippen LogP contribution is -2.76. The number of carbonyl (C=O) groups excluding carboxylic acids is 2. The number of aryl methyl sites for hydroxylation is 1. The number of benzene rings is 1. The molecule has 2 spiro atoms. The second-order valence-corrected chi connectivity index (χ2v) is 20.9. The van der Waals surface area contributed by atoms with Crippen molar-refractivity contribution in [2.75, 3.05) is 6.61 Å². The van der Waals surface area contributed by atoms with Crippen molar-refractivity contribution in [3.05, 3.63) is 47.5 Å². The average Bonchev–Trinajstić information content (AvgIpc) is 4.00. The van der Waals surface area contributed by atoms with Crippen LogP contribution in [0.4, 0.5) is 0 Å². The van der Waals surface area contributed by atoms with Crippen molar-refractivity contribution in [2.24, 2.45) is 44.8 Å². The van der Waals surface area contributed by atoms with E-state index in [9.17, 15) is 19.8 Å². The smallest absolute Gasteiger partial charge is 0.331 e. The normalized spacial score (nSPS) is 40.6. The summed E-state index contributed by atoms with van der Waals surface area (Å²) in [6, 6.07) is 10.7. The highest BCUT2D eigenvalue weighted by molar-refractivity contribution is 5.85. The minimum atomic E-state index is -1.38. The Morgan fingerprint density at radius 2 is 1.66 bits per heavy atom. The van der Waals surface area contributed by atoms with Gasteiger partial charge in [0, 0.05) is 30.3 Å². The van der Waals surface area contributed by atoms with Gasteiger partial charge >= 0.3 is 11.9 Å². The van der Waals surface area contributed by atoms with E-state index in [-0.39, 0.29) is 36.3 Å². The first-order valence-corrected chi connectivity index (χ1v) is 22.8. The number of esters is 2. The lowest BCUT2D eigenvalue weighted by atomic mass is 9.36. The lowest BCUT2D eigenvalue weighted by molar-refractivity contribution is -0.313. The number of cyclic esters (lactones) is 1. The van der Waals surface area contributed by atoms with E-state index in [4.69, 9.17) is 9.47 Å². The molecule has 2 bridgehead atoms. The largest absolute Gasteiger partial charge is 0.462 e. The highest BCUT2D eigenvalue weighted by atomic mass is 16.5. The van der Waals surface area contributed by atoms with Gasteiger partial charge in [-0.05, 0) is 142 Å². The first kappa shape index (κ1) is 40.2. The van der Waals surface area contributed by atoms with Gasteiger partial charge in [0.25, 0.3) is 0 Å². The number of fused-ring (bicyclic) bond motifs is 4. The molecule has 5 aliphatic carbocycles. The molecule has 5 saturated carbocycles. The van der Waals surface area contributed by atoms with Crippen LogP contribution < -0.4 is 0 Å². The van der Waals surface area contributed by atoms with Crippen LogP contribution in [0.5, 0.6) is 0 Å². The minimum Gasteiger partial charge on any atom is -0.462 e. The molecular formula is C50H70O6. The second kappa shape index (κ2) is 15.5. The van der Waals surface area contributed by atoms with Gasteiger partial charge in [-0.3, -0.25) is 4.79 Å². The van der Waals surface area contributed by atoms with Crippen LogP contribution in [-0.4, -0.2) is 46.6 Å². The molecule has 1 aromatic carbocycles. The molecule has 0 aromatic heterocycles. The van der Waals surface area contributed by atoms with Crippen LogP contribution in [0, 0.1) is 56.7 Å². The number of aliphatic hydroxyl groups is 2. The van der Waals surface area contributed by atoms with Gasteiger partial charge in [0.1, 0.15) is 12.7 Å². The van der Waals surface area contributed by atoms with Crippen molar-refractivity contribution < 1.29 is 29.3 Å². The van der Waals surface area contributed by atoms with E-state index in [2.05, 4.69) is 62.9 Å². The van der Waals surface area contributed by atoms with Gasteiger partial charge in [0.15, 0.2) is 0 Å². The molecule has 56 heavy (non-hydrogen) atoms. The highest BCUT2D eigenvalue weighted by Gasteiger charge is 2.75. The van der Waals surface area contributed by atoms with Crippen molar-refractivity contribution in [2.45, 2.75) is 186 Å². The quantitative estimate of drug-likeness (QED) is 0.163. The summed E-state index contributed by atoms with van der Waals surface area (Å²) in [5.41, 5.74) is -0.236. The van der Waals surface area contributed by atoms with Gasteiger partial charge in [0.2, 0.25) is 0 Å². The number of carbonyl (C=O) groups is 2. The summed E-state index contributed by atoms with van der Waals surface area (Å²) < 4.78 is 12.0. The Morgan fingerprint density at radius 3 is 2.43 bits per heavy atom. The lowest BCUT2D eigenvalue weighted by Gasteiger charge is -2.71. The summed E-state index contributed by atoms with van der Waals surface area (Å²) in [5.74, 6) is 7.15. The van der Waals surface area contributed by atoms with E-state index in [1.807, 2.05) is 0 Å². The SMILES string of the molecule is C[C@H](CCCc1ccccc1)CCC[C@]12[C@@H](O)CC[C@@](C)([C@H]3CC[C@@]4(CCC5(CCCC5)C4)C3)[C@@H]1[C@H]1C[C@](C)(C#CCCC(=O)O1)[C@]2(O)CCC1=CC(=O)OC1. The van der Waals surface area contributed by atoms with E-state index in [1.54, 1.807) is 6.08 Å². The Hall–Kier alpha value is -2.62. The summed E-state index contributed by atoms with van der Waals surface area (Å²) in [7, 11) is 0. The molecule has 0 unspecified atom stereocenters. The number of hydrogen-bond acceptors (Lipinski definition) is 6. The third-order valence-electron chi connectivity index (χ3n) is 17.6. The van der Waals surface area contributed by atoms with Crippen LogP contribution in [-0.2, 0) is 25.5 Å². The van der Waals surface area contributed by atoms with Crippen LogP contribution in [0.3, 0.4) is 0 Å². The van der Waals surface area contributed by atoms with Crippen molar-refractivity contribution >= 4 is 11.9 Å². The topological polar surface area (TPSA) is 93.1 Å². The Morgan fingerprint density at radius 1 is 0.893 bits per heavy atom. The molecule has 7 aliphatic rings. The zero-order valence-corrected chi connectivity index (χ0v) is 34.8. The summed E-state index contributed by atoms with van der Waals surface area (Å²) in [5, 5.41) is 27.0. The van der Waals surface area contributed by atoms with Crippen LogP contribution in [0.15, 0.2) is 42.0 Å². The van der Waals surface area contributed by atoms with E-state index in [0.29, 0.717) is 61.2 Å². The van der Waals surface area contributed by atoms with Crippen molar-refractivity contribution in [1.82, 2.24) is 0 Å². The molecule has 0 amide bonds. The molecule has 8 rings (SSSR count). The fourth-order valence-electron chi connectivity index (χ4n) is 14.9. The summed E-state index contributed by atoms with van der Waals surface area (Å²) in [6.45, 7) is 7.18. The fourth-order valence-corrected chi connectivity index (χ4v) is 14.9. The summed E-state index contributed by atoms with van der Waals surface area (Å²) >= 11 is 0. The van der Waals surface area contributed by atoms with Crippen LogP contribution in [0.1, 0.15) is 168 Å². The van der Waals surface area contributed by atoms with Crippen molar-refractivity contribution in [1.29, 1.82) is 0 Å². The maximum absolute atomic E-state index is 14.1. The van der Waals surface area contributed by atoms with Gasteiger partial charge in [-0.1, -0.05) is 82.2 Å². The monoisotopic (exact) mass is 767 g/mol. The van der Waals surface area contributed by atoms with Crippen LogP contribution in [0.2, 0.25) is 0 Å². The zero-order valence-electron chi connectivity index (χ0n) is 34.8. The Kier molecular flexibility index (Phi) is 11.1. The van der Waals surface area contributed by atoms with Crippen LogP contribution >= 0.6 is 0 Å². The first-order chi connectivity index (χ1) is 26.8. The van der Waals surface area contributed by atoms with E-state index >= 15 is 0 Å². The van der Waals surface area contributed by atoms with Crippen molar-refractivity contribution in [3.63, 3.8) is 0 Å². The van der Waals surface area contributed by atoms with Gasteiger partial charge in [0.05, 0.1) is 23.5 Å².